The second-order valence-corrected chi connectivity index (χ2v) is 10.3. The van der Waals surface area contributed by atoms with E-state index in [0.29, 0.717) is 32.2 Å². The molecule has 2 aliphatic heterocycles. The minimum absolute atomic E-state index is 0.192. The van der Waals surface area contributed by atoms with Crippen molar-refractivity contribution in [2.75, 3.05) is 43.1 Å². The summed E-state index contributed by atoms with van der Waals surface area (Å²) in [5, 5.41) is 9.58. The fourth-order valence-corrected chi connectivity index (χ4v) is 5.71. The fourth-order valence-electron chi connectivity index (χ4n) is 5.71. The lowest BCUT2D eigenvalue weighted by Gasteiger charge is -2.42. The molecule has 1 aromatic heterocycles. The van der Waals surface area contributed by atoms with Gasteiger partial charge in [0.2, 0.25) is 0 Å². The maximum Gasteiger partial charge on any atom is 0.410 e. The van der Waals surface area contributed by atoms with Crippen LogP contribution >= 0.6 is 0 Å². The Morgan fingerprint density at radius 1 is 1.12 bits per heavy atom. The molecule has 0 aliphatic carbocycles. The molecule has 5 rings (SSSR count). The molecule has 9 heteroatoms. The largest absolute Gasteiger partial charge is 0.467 e. The van der Waals surface area contributed by atoms with Crippen LogP contribution in [0.25, 0.3) is 12.2 Å². The number of rotatable bonds is 8. The number of piperazine rings is 1. The molecular formula is C33H36N6O3. The first-order valence-electron chi connectivity index (χ1n) is 14.2. The fraction of sp³-hybridized carbons (Fsp3) is 0.333. The van der Waals surface area contributed by atoms with E-state index in [1.54, 1.807) is 12.0 Å². The molecule has 2 aromatic carbocycles. The number of nitriles is 1. The Morgan fingerprint density at radius 2 is 1.95 bits per heavy atom. The summed E-state index contributed by atoms with van der Waals surface area (Å²) in [7, 11) is 1.57. The Morgan fingerprint density at radius 3 is 2.69 bits per heavy atom. The van der Waals surface area contributed by atoms with Crippen molar-refractivity contribution in [1.29, 1.82) is 5.26 Å². The summed E-state index contributed by atoms with van der Waals surface area (Å²) in [6.45, 7) is 9.13. The highest BCUT2D eigenvalue weighted by Crippen LogP contribution is 2.34. The van der Waals surface area contributed by atoms with E-state index in [1.165, 1.54) is 0 Å². The molecule has 9 nitrogen and oxygen atoms in total. The minimum atomic E-state index is -0.408. The number of amides is 1. The summed E-state index contributed by atoms with van der Waals surface area (Å²) >= 11 is 0. The van der Waals surface area contributed by atoms with Crippen molar-refractivity contribution in [3.8, 4) is 12.1 Å². The zero-order chi connectivity index (χ0) is 29.5. The Labute approximate surface area is 247 Å². The van der Waals surface area contributed by atoms with Gasteiger partial charge in [0.05, 0.1) is 37.9 Å². The number of allylic oxidation sites excluding steroid dienone is 1. The lowest BCUT2D eigenvalue weighted by molar-refractivity contribution is 0.0767. The van der Waals surface area contributed by atoms with E-state index in [4.69, 9.17) is 19.4 Å². The summed E-state index contributed by atoms with van der Waals surface area (Å²) in [5.41, 5.74) is 6.24. The molecule has 0 saturated carbocycles. The molecule has 0 N–H and O–H groups in total. The van der Waals surface area contributed by atoms with Gasteiger partial charge in [0, 0.05) is 43.0 Å². The van der Waals surface area contributed by atoms with Crippen molar-refractivity contribution in [3.05, 3.63) is 89.1 Å². The highest BCUT2D eigenvalue weighted by Gasteiger charge is 2.34. The van der Waals surface area contributed by atoms with Gasteiger partial charge in [-0.15, -0.1) is 0 Å². The Kier molecular flexibility index (Phi) is 9.02. The molecule has 216 valence electrons. The van der Waals surface area contributed by atoms with E-state index in [0.717, 1.165) is 52.4 Å². The maximum absolute atomic E-state index is 13.0. The van der Waals surface area contributed by atoms with Crippen molar-refractivity contribution < 1.29 is 14.3 Å². The summed E-state index contributed by atoms with van der Waals surface area (Å²) in [4.78, 5) is 28.7. The third-order valence-corrected chi connectivity index (χ3v) is 7.76. The van der Waals surface area contributed by atoms with Crippen LogP contribution in [0.3, 0.4) is 0 Å². The zero-order valence-electron chi connectivity index (χ0n) is 24.2. The van der Waals surface area contributed by atoms with Gasteiger partial charge in [0.15, 0.2) is 0 Å². The van der Waals surface area contributed by atoms with Crippen LogP contribution in [-0.2, 0) is 24.3 Å². The Hall–Kier alpha value is -4.84. The van der Waals surface area contributed by atoms with Gasteiger partial charge >= 0.3 is 12.1 Å². The number of benzene rings is 2. The monoisotopic (exact) mass is 564 g/mol. The number of aromatic nitrogens is 2. The molecule has 42 heavy (non-hydrogen) atoms. The molecule has 1 atom stereocenters. The molecule has 0 bridgehead atoms. The Bertz CT molecular complexity index is 1500. The SMILES string of the molecule is C=Cc1c(/C=C\C)cccc1N1CCc2c(nc(OC)nc2N2CCN(C(=O)OCc3ccccc3)C(CC#N)C2)C1. The second kappa shape index (κ2) is 13.2. The second-order valence-electron chi connectivity index (χ2n) is 10.3. The molecule has 0 spiro atoms. The number of methoxy groups -OCH3 is 1. The number of carbonyl (C=O) groups excluding carboxylic acids is 1. The number of nitrogens with zero attached hydrogens (tertiary/aromatic N) is 6. The van der Waals surface area contributed by atoms with Crippen LogP contribution in [-0.4, -0.2) is 60.3 Å². The molecule has 1 fully saturated rings. The van der Waals surface area contributed by atoms with Crippen molar-refractivity contribution in [2.24, 2.45) is 0 Å². The van der Waals surface area contributed by atoms with Crippen LogP contribution in [0, 0.1) is 11.3 Å². The minimum Gasteiger partial charge on any atom is -0.467 e. The zero-order valence-corrected chi connectivity index (χ0v) is 24.2. The molecule has 1 unspecified atom stereocenters. The van der Waals surface area contributed by atoms with Crippen molar-refractivity contribution in [3.63, 3.8) is 0 Å². The van der Waals surface area contributed by atoms with Gasteiger partial charge in [-0.1, -0.05) is 67.3 Å². The topological polar surface area (TPSA) is 94.8 Å². The Balaban J connectivity index is 1.37. The first-order valence-corrected chi connectivity index (χ1v) is 14.2. The average molecular weight is 565 g/mol. The predicted molar refractivity (Wildman–Crippen MR) is 164 cm³/mol. The molecule has 3 aromatic rings. The van der Waals surface area contributed by atoms with Crippen LogP contribution in [0.1, 0.15) is 41.3 Å². The van der Waals surface area contributed by atoms with Gasteiger partial charge in [-0.25, -0.2) is 4.79 Å². The predicted octanol–water partition coefficient (Wildman–Crippen LogP) is 5.47. The van der Waals surface area contributed by atoms with E-state index in [1.807, 2.05) is 49.4 Å². The number of anilines is 2. The highest BCUT2D eigenvalue weighted by molar-refractivity contribution is 5.76. The van der Waals surface area contributed by atoms with E-state index in [2.05, 4.69) is 46.7 Å². The van der Waals surface area contributed by atoms with Crippen LogP contribution in [0.2, 0.25) is 0 Å². The number of fused-ring (bicyclic) bond motifs is 1. The molecule has 1 saturated heterocycles. The summed E-state index contributed by atoms with van der Waals surface area (Å²) in [5.74, 6) is 0.809. The van der Waals surface area contributed by atoms with Crippen LogP contribution in [0.15, 0.2) is 61.2 Å². The molecule has 3 heterocycles. The average Bonchev–Trinajstić information content (AvgIpc) is 3.03. The standard InChI is InChI=1S/C33H36N6O3/c1-4-10-25-13-9-14-30(27(25)5-2)37-18-16-28-29(22-37)35-32(41-3)36-31(28)38-19-20-39(26(21-38)15-17-34)33(40)42-23-24-11-7-6-8-12-24/h4-14,26H,2,15-16,18-23H2,1,3H3/b10-4-. The summed E-state index contributed by atoms with van der Waals surface area (Å²) in [6.07, 6.45) is 6.57. The van der Waals surface area contributed by atoms with Crippen molar-refractivity contribution in [2.45, 2.75) is 39.0 Å². The summed E-state index contributed by atoms with van der Waals surface area (Å²) in [6, 6.07) is 18.1. The summed E-state index contributed by atoms with van der Waals surface area (Å²) < 4.78 is 11.1. The van der Waals surface area contributed by atoms with Gasteiger partial charge in [0.25, 0.3) is 0 Å². The third kappa shape index (κ3) is 6.08. The van der Waals surface area contributed by atoms with Crippen molar-refractivity contribution in [1.82, 2.24) is 14.9 Å². The van der Waals surface area contributed by atoms with E-state index in [-0.39, 0.29) is 19.1 Å². The normalized spacial score (nSPS) is 16.6. The van der Waals surface area contributed by atoms with Gasteiger partial charge < -0.3 is 24.2 Å². The quantitative estimate of drug-likeness (QED) is 0.356. The van der Waals surface area contributed by atoms with Crippen LogP contribution in [0.4, 0.5) is 16.3 Å². The molecule has 0 radical (unpaired) electrons. The molecular weight excluding hydrogens is 528 g/mol. The van der Waals surface area contributed by atoms with Gasteiger partial charge in [-0.05, 0) is 30.5 Å². The van der Waals surface area contributed by atoms with Crippen molar-refractivity contribution >= 4 is 29.8 Å². The smallest absolute Gasteiger partial charge is 0.410 e. The number of ether oxygens (including phenoxy) is 2. The van der Waals surface area contributed by atoms with E-state index in [9.17, 15) is 10.1 Å². The van der Waals surface area contributed by atoms with E-state index < -0.39 is 6.09 Å². The first-order chi connectivity index (χ1) is 20.6. The van der Waals surface area contributed by atoms with E-state index >= 15 is 0 Å². The first kappa shape index (κ1) is 28.7. The number of hydrogen-bond donors (Lipinski definition) is 0. The molecule has 2 aliphatic rings. The maximum atomic E-state index is 13.0. The van der Waals surface area contributed by atoms with Gasteiger partial charge in [-0.2, -0.15) is 15.2 Å². The van der Waals surface area contributed by atoms with Crippen LogP contribution < -0.4 is 14.5 Å². The molecule has 1 amide bonds. The number of hydrogen-bond acceptors (Lipinski definition) is 8. The van der Waals surface area contributed by atoms with Gasteiger partial charge in [0.1, 0.15) is 12.4 Å². The lowest BCUT2D eigenvalue weighted by Crippen LogP contribution is -2.55. The number of carbonyl (C=O) groups is 1. The lowest BCUT2D eigenvalue weighted by atomic mass is 9.99. The third-order valence-electron chi connectivity index (χ3n) is 7.76. The van der Waals surface area contributed by atoms with Crippen LogP contribution in [0.5, 0.6) is 6.01 Å². The van der Waals surface area contributed by atoms with Gasteiger partial charge in [-0.3, -0.25) is 0 Å². The highest BCUT2D eigenvalue weighted by atomic mass is 16.6.